The van der Waals surface area contributed by atoms with Crippen molar-refractivity contribution in [2.24, 2.45) is 16.8 Å². The van der Waals surface area contributed by atoms with Crippen LogP contribution in [0.15, 0.2) is 47.5 Å². The summed E-state index contributed by atoms with van der Waals surface area (Å²) in [5.74, 6) is 0.834. The van der Waals surface area contributed by atoms with Crippen LogP contribution < -0.4 is 0 Å². The Morgan fingerprint density at radius 1 is 1.32 bits per heavy atom. The Bertz CT molecular complexity index is 603. The summed E-state index contributed by atoms with van der Waals surface area (Å²) in [5, 5.41) is 0. The molecule has 1 aliphatic heterocycles. The molecule has 0 bridgehead atoms. The van der Waals surface area contributed by atoms with Crippen LogP contribution in [0.3, 0.4) is 0 Å². The zero-order valence-electron chi connectivity index (χ0n) is 13.3. The molecule has 3 nitrogen and oxygen atoms in total. The van der Waals surface area contributed by atoms with Crippen molar-refractivity contribution in [2.45, 2.75) is 45.1 Å². The van der Waals surface area contributed by atoms with Crippen molar-refractivity contribution >= 4 is 11.9 Å². The molecule has 1 aromatic carbocycles. The summed E-state index contributed by atoms with van der Waals surface area (Å²) in [6.45, 7) is 4.27. The molecule has 3 rings (SSSR count). The first-order valence-corrected chi connectivity index (χ1v) is 8.16. The highest BCUT2D eigenvalue weighted by molar-refractivity contribution is 6.08. The van der Waals surface area contributed by atoms with Crippen LogP contribution in [0.4, 0.5) is 0 Å². The van der Waals surface area contributed by atoms with Gasteiger partial charge in [-0.2, -0.15) is 0 Å². The van der Waals surface area contributed by atoms with E-state index in [-0.39, 0.29) is 11.9 Å². The summed E-state index contributed by atoms with van der Waals surface area (Å²) in [6.07, 6.45) is 8.30. The number of hydrogen-bond donors (Lipinski definition) is 0. The Balaban J connectivity index is 2.01. The standard InChI is InChI=1S/C19H23NO2/c1-14(2)13-19(16-11-7-4-8-12-16)18(21)22-17(20-19)15-9-5-3-6-10-15/h3,5-7,9-11,14,16H,4,8,12-13H2,1-2H3/t16-,19+/m1/s1. The minimum atomic E-state index is -0.740. The van der Waals surface area contributed by atoms with Gasteiger partial charge in [-0.25, -0.2) is 9.79 Å². The van der Waals surface area contributed by atoms with E-state index in [4.69, 9.17) is 9.73 Å². The lowest BCUT2D eigenvalue weighted by molar-refractivity contribution is -0.141. The maximum atomic E-state index is 12.7. The van der Waals surface area contributed by atoms with Crippen molar-refractivity contribution in [2.75, 3.05) is 0 Å². The number of rotatable bonds is 4. The van der Waals surface area contributed by atoms with Gasteiger partial charge in [-0.1, -0.05) is 44.2 Å². The van der Waals surface area contributed by atoms with Gasteiger partial charge in [-0.05, 0) is 43.7 Å². The van der Waals surface area contributed by atoms with E-state index in [1.165, 1.54) is 0 Å². The highest BCUT2D eigenvalue weighted by Crippen LogP contribution is 2.41. The van der Waals surface area contributed by atoms with Gasteiger partial charge in [0.2, 0.25) is 5.90 Å². The summed E-state index contributed by atoms with van der Waals surface area (Å²) >= 11 is 0. The molecule has 1 aliphatic carbocycles. The third-order valence-corrected chi connectivity index (χ3v) is 4.45. The second-order valence-electron chi connectivity index (χ2n) is 6.66. The number of esters is 1. The van der Waals surface area contributed by atoms with Gasteiger partial charge in [-0.15, -0.1) is 0 Å². The van der Waals surface area contributed by atoms with Crippen LogP contribution in [0.1, 0.15) is 45.1 Å². The number of nitrogens with zero attached hydrogens (tertiary/aromatic N) is 1. The third kappa shape index (κ3) is 2.72. The van der Waals surface area contributed by atoms with Gasteiger partial charge >= 0.3 is 5.97 Å². The molecule has 0 N–H and O–H groups in total. The molecular weight excluding hydrogens is 274 g/mol. The van der Waals surface area contributed by atoms with Gasteiger partial charge < -0.3 is 4.74 Å². The smallest absolute Gasteiger partial charge is 0.341 e. The number of carbonyl (C=O) groups excluding carboxylic acids is 1. The maximum Gasteiger partial charge on any atom is 0.341 e. The van der Waals surface area contributed by atoms with Crippen molar-refractivity contribution in [1.82, 2.24) is 0 Å². The van der Waals surface area contributed by atoms with Crippen LogP contribution in [-0.2, 0) is 9.53 Å². The predicted molar refractivity (Wildman–Crippen MR) is 87.7 cm³/mol. The second kappa shape index (κ2) is 6.07. The monoisotopic (exact) mass is 297 g/mol. The number of hydrogen-bond acceptors (Lipinski definition) is 3. The summed E-state index contributed by atoms with van der Waals surface area (Å²) < 4.78 is 5.59. The summed E-state index contributed by atoms with van der Waals surface area (Å²) in [6, 6.07) is 9.71. The van der Waals surface area contributed by atoms with Crippen LogP contribution in [0.2, 0.25) is 0 Å². The van der Waals surface area contributed by atoms with Gasteiger partial charge in [0.1, 0.15) is 0 Å². The molecule has 0 saturated carbocycles. The zero-order chi connectivity index (χ0) is 15.6. The van der Waals surface area contributed by atoms with Crippen molar-refractivity contribution in [3.8, 4) is 0 Å². The molecule has 22 heavy (non-hydrogen) atoms. The van der Waals surface area contributed by atoms with E-state index >= 15 is 0 Å². The van der Waals surface area contributed by atoms with Crippen LogP contribution in [0.25, 0.3) is 0 Å². The number of allylic oxidation sites excluding steroid dienone is 1. The molecule has 2 atom stereocenters. The molecule has 116 valence electrons. The Morgan fingerprint density at radius 2 is 2.09 bits per heavy atom. The summed E-state index contributed by atoms with van der Waals surface area (Å²) in [7, 11) is 0. The van der Waals surface area contributed by atoms with Crippen molar-refractivity contribution < 1.29 is 9.53 Å². The first kappa shape index (κ1) is 15.0. The van der Waals surface area contributed by atoms with Crippen molar-refractivity contribution in [1.29, 1.82) is 0 Å². The first-order valence-electron chi connectivity index (χ1n) is 8.16. The normalized spacial score (nSPS) is 27.9. The average Bonchev–Trinajstić information content (AvgIpc) is 2.86. The third-order valence-electron chi connectivity index (χ3n) is 4.45. The van der Waals surface area contributed by atoms with E-state index in [9.17, 15) is 4.79 Å². The molecule has 3 heteroatoms. The number of aliphatic imine (C=N–C) groups is 1. The summed E-state index contributed by atoms with van der Waals surface area (Å²) in [4.78, 5) is 17.6. The lowest BCUT2D eigenvalue weighted by Gasteiger charge is -2.32. The Labute approximate surface area is 132 Å². The largest absolute Gasteiger partial charge is 0.405 e. The second-order valence-corrected chi connectivity index (χ2v) is 6.66. The van der Waals surface area contributed by atoms with Gasteiger partial charge in [0.25, 0.3) is 0 Å². The van der Waals surface area contributed by atoms with E-state index in [1.807, 2.05) is 30.3 Å². The van der Waals surface area contributed by atoms with E-state index in [2.05, 4.69) is 26.0 Å². The fourth-order valence-electron chi connectivity index (χ4n) is 3.48. The highest BCUT2D eigenvalue weighted by atomic mass is 16.6. The summed E-state index contributed by atoms with van der Waals surface area (Å²) in [5.41, 5.74) is 0.136. The highest BCUT2D eigenvalue weighted by Gasteiger charge is 2.51. The van der Waals surface area contributed by atoms with E-state index in [1.54, 1.807) is 0 Å². The Morgan fingerprint density at radius 3 is 2.73 bits per heavy atom. The topological polar surface area (TPSA) is 38.7 Å². The fourth-order valence-corrected chi connectivity index (χ4v) is 3.48. The molecule has 0 spiro atoms. The molecule has 0 unspecified atom stereocenters. The van der Waals surface area contributed by atoms with Crippen LogP contribution >= 0.6 is 0 Å². The Kier molecular flexibility index (Phi) is 4.14. The van der Waals surface area contributed by atoms with Gasteiger partial charge in [-0.3, -0.25) is 0 Å². The van der Waals surface area contributed by atoms with Crippen LogP contribution in [0.5, 0.6) is 0 Å². The van der Waals surface area contributed by atoms with Crippen LogP contribution in [-0.4, -0.2) is 17.4 Å². The number of cyclic esters (lactones) is 1. The van der Waals surface area contributed by atoms with E-state index < -0.39 is 5.54 Å². The fraction of sp³-hybridized carbons (Fsp3) is 0.474. The number of ether oxygens (including phenoxy) is 1. The molecule has 0 fully saturated rings. The number of benzene rings is 1. The molecule has 1 aromatic rings. The number of carbonyl (C=O) groups is 1. The van der Waals surface area contributed by atoms with E-state index in [0.717, 1.165) is 31.2 Å². The molecule has 1 heterocycles. The first-order chi connectivity index (χ1) is 10.6. The minimum absolute atomic E-state index is 0.150. The molecule has 0 amide bonds. The molecular formula is C19H23NO2. The van der Waals surface area contributed by atoms with Gasteiger partial charge in [0.15, 0.2) is 5.54 Å². The minimum Gasteiger partial charge on any atom is -0.405 e. The lowest BCUT2D eigenvalue weighted by atomic mass is 9.74. The molecule has 2 aliphatic rings. The average molecular weight is 297 g/mol. The van der Waals surface area contributed by atoms with Crippen molar-refractivity contribution in [3.05, 3.63) is 48.0 Å². The quantitative estimate of drug-likeness (QED) is 0.619. The molecule has 0 aromatic heterocycles. The van der Waals surface area contributed by atoms with Crippen molar-refractivity contribution in [3.63, 3.8) is 0 Å². The van der Waals surface area contributed by atoms with E-state index in [0.29, 0.717) is 11.8 Å². The molecule has 0 saturated heterocycles. The zero-order valence-corrected chi connectivity index (χ0v) is 13.3. The predicted octanol–water partition coefficient (Wildman–Crippen LogP) is 4.13. The van der Waals surface area contributed by atoms with Gasteiger partial charge in [0, 0.05) is 11.5 Å². The van der Waals surface area contributed by atoms with Gasteiger partial charge in [0.05, 0.1) is 0 Å². The Hall–Kier alpha value is -1.90. The SMILES string of the molecule is CC(C)C[C@@]1([C@@H]2C=CCCC2)N=C(c2ccccc2)OC1=O. The molecule has 0 radical (unpaired) electrons. The lowest BCUT2D eigenvalue weighted by Crippen LogP contribution is -2.43. The van der Waals surface area contributed by atoms with Crippen LogP contribution in [0, 0.1) is 11.8 Å². The maximum absolute atomic E-state index is 12.7.